The fourth-order valence-corrected chi connectivity index (χ4v) is 4.79. The van der Waals surface area contributed by atoms with Crippen molar-refractivity contribution in [2.75, 3.05) is 13.1 Å². The number of likely N-dealkylation sites (tertiary alicyclic amines) is 1. The van der Waals surface area contributed by atoms with Crippen molar-refractivity contribution in [1.82, 2.24) is 4.90 Å². The Morgan fingerprint density at radius 1 is 1.17 bits per heavy atom. The average Bonchev–Trinajstić information content (AvgIpc) is 2.81. The third-order valence-corrected chi connectivity index (χ3v) is 6.97. The number of rotatable bonds is 6. The van der Waals surface area contributed by atoms with Crippen molar-refractivity contribution in [2.45, 2.75) is 57.2 Å². The minimum Gasteiger partial charge on any atom is -0.484 e. The van der Waals surface area contributed by atoms with Crippen LogP contribution in [0.3, 0.4) is 0 Å². The first-order valence-corrected chi connectivity index (χ1v) is 11.6. The summed E-state index contributed by atoms with van der Waals surface area (Å²) in [5.41, 5.74) is -0.176. The number of hydrogen-bond donors (Lipinski definition) is 2. The van der Waals surface area contributed by atoms with Crippen molar-refractivity contribution in [1.29, 1.82) is 0 Å². The zero-order valence-electron chi connectivity index (χ0n) is 19.4. The van der Waals surface area contributed by atoms with Gasteiger partial charge in [-0.15, -0.1) is 13.2 Å². The lowest BCUT2D eigenvalue weighted by Gasteiger charge is -2.45. The van der Waals surface area contributed by atoms with Crippen molar-refractivity contribution in [3.63, 3.8) is 0 Å². The van der Waals surface area contributed by atoms with E-state index in [1.165, 1.54) is 13.0 Å². The van der Waals surface area contributed by atoms with Gasteiger partial charge in [0.05, 0.1) is 12.0 Å². The van der Waals surface area contributed by atoms with E-state index in [1.54, 1.807) is 6.07 Å². The van der Waals surface area contributed by atoms with E-state index in [9.17, 15) is 27.5 Å². The van der Waals surface area contributed by atoms with E-state index in [0.29, 0.717) is 44.3 Å². The Morgan fingerprint density at radius 3 is 2.50 bits per heavy atom. The molecule has 196 valence electrons. The van der Waals surface area contributed by atoms with Crippen LogP contribution in [0.2, 0.25) is 0 Å². The number of ether oxygens (including phenoxy) is 2. The summed E-state index contributed by atoms with van der Waals surface area (Å²) in [6.45, 7) is 2.15. The van der Waals surface area contributed by atoms with Gasteiger partial charge >= 0.3 is 12.3 Å². The topological polar surface area (TPSA) is 79.2 Å². The molecule has 11 heteroatoms. The van der Waals surface area contributed by atoms with Crippen molar-refractivity contribution < 1.29 is 46.4 Å². The third kappa shape index (κ3) is 5.57. The zero-order valence-corrected chi connectivity index (χ0v) is 19.4. The molecule has 2 aliphatic rings. The van der Waals surface area contributed by atoms with Gasteiger partial charge in [-0.1, -0.05) is 12.1 Å². The highest BCUT2D eigenvalue weighted by Gasteiger charge is 2.41. The molecule has 0 amide bonds. The second-order valence-electron chi connectivity index (χ2n) is 9.39. The number of carboxylic acid groups (broad SMARTS) is 1. The molecule has 0 aromatic heterocycles. The number of aliphatic hydroxyl groups excluding tert-OH is 1. The quantitative estimate of drug-likeness (QED) is 0.529. The maximum absolute atomic E-state index is 15.3. The lowest BCUT2D eigenvalue weighted by Crippen LogP contribution is -2.49. The van der Waals surface area contributed by atoms with E-state index >= 15 is 4.39 Å². The van der Waals surface area contributed by atoms with E-state index in [-0.39, 0.29) is 23.4 Å². The van der Waals surface area contributed by atoms with Crippen LogP contribution in [0.4, 0.5) is 22.0 Å². The largest absolute Gasteiger partial charge is 0.573 e. The molecule has 36 heavy (non-hydrogen) atoms. The molecular weight excluding hydrogens is 489 g/mol. The number of nitrogens with zero attached hydrogens (tertiary/aromatic N) is 1. The molecule has 0 aliphatic carbocycles. The van der Waals surface area contributed by atoms with Gasteiger partial charge in [-0.2, -0.15) is 0 Å². The molecule has 1 saturated heterocycles. The van der Waals surface area contributed by atoms with E-state index < -0.39 is 47.3 Å². The number of aryl methyl sites for hydroxylation is 1. The van der Waals surface area contributed by atoms with Gasteiger partial charge in [0, 0.05) is 30.8 Å². The van der Waals surface area contributed by atoms with Gasteiger partial charge in [0.2, 0.25) is 0 Å². The summed E-state index contributed by atoms with van der Waals surface area (Å²) < 4.78 is 77.4. The van der Waals surface area contributed by atoms with Crippen molar-refractivity contribution in [3.05, 3.63) is 58.7 Å². The van der Waals surface area contributed by atoms with Crippen LogP contribution in [0.25, 0.3) is 0 Å². The number of aliphatic carboxylic acids is 1. The number of aliphatic hydroxyl groups is 1. The monoisotopic (exact) mass is 515 g/mol. The molecular formula is C25H26F5NO5. The summed E-state index contributed by atoms with van der Waals surface area (Å²) >= 11 is 0. The first-order chi connectivity index (χ1) is 16.9. The van der Waals surface area contributed by atoms with E-state index in [4.69, 9.17) is 9.84 Å². The van der Waals surface area contributed by atoms with Gasteiger partial charge in [-0.25, -0.2) is 8.78 Å². The predicted molar refractivity (Wildman–Crippen MR) is 117 cm³/mol. The van der Waals surface area contributed by atoms with E-state index in [0.717, 1.165) is 18.2 Å². The molecule has 2 N–H and O–H groups in total. The van der Waals surface area contributed by atoms with Crippen LogP contribution in [-0.2, 0) is 17.8 Å². The smallest absolute Gasteiger partial charge is 0.484 e. The number of piperidine rings is 1. The van der Waals surface area contributed by atoms with Gasteiger partial charge < -0.3 is 19.7 Å². The maximum Gasteiger partial charge on any atom is 0.573 e. The van der Waals surface area contributed by atoms with Crippen molar-refractivity contribution >= 4 is 5.97 Å². The maximum atomic E-state index is 15.3. The Kier molecular flexibility index (Phi) is 7.16. The lowest BCUT2D eigenvalue weighted by molar-refractivity contribution is -0.275. The molecule has 2 aliphatic heterocycles. The summed E-state index contributed by atoms with van der Waals surface area (Å²) in [6.07, 6.45) is -4.42. The Morgan fingerprint density at radius 2 is 1.86 bits per heavy atom. The molecule has 0 radical (unpaired) electrons. The molecule has 0 bridgehead atoms. The first kappa shape index (κ1) is 26.2. The number of benzene rings is 2. The van der Waals surface area contributed by atoms with Crippen LogP contribution >= 0.6 is 0 Å². The van der Waals surface area contributed by atoms with E-state index in [1.807, 2.05) is 4.90 Å². The molecule has 6 nitrogen and oxygen atoms in total. The number of hydrogen-bond acceptors (Lipinski definition) is 5. The number of carboxylic acids is 1. The number of alkyl halides is 3. The van der Waals surface area contributed by atoms with Crippen molar-refractivity contribution in [3.8, 4) is 11.5 Å². The fraction of sp³-hybridized carbons (Fsp3) is 0.480. The molecule has 2 aromatic carbocycles. The summed E-state index contributed by atoms with van der Waals surface area (Å²) in [4.78, 5) is 13.1. The summed E-state index contributed by atoms with van der Waals surface area (Å²) in [5.74, 6) is -4.40. The van der Waals surface area contributed by atoms with Gasteiger partial charge in [-0.3, -0.25) is 9.69 Å². The van der Waals surface area contributed by atoms with Crippen LogP contribution in [0, 0.1) is 17.6 Å². The van der Waals surface area contributed by atoms with Crippen LogP contribution in [0.15, 0.2) is 30.3 Å². The minimum atomic E-state index is -4.90. The lowest BCUT2D eigenvalue weighted by atomic mass is 9.82. The Hall–Kier alpha value is -2.92. The van der Waals surface area contributed by atoms with Gasteiger partial charge in [0.1, 0.15) is 17.2 Å². The van der Waals surface area contributed by atoms with E-state index in [2.05, 4.69) is 4.74 Å². The predicted octanol–water partition coefficient (Wildman–Crippen LogP) is 4.98. The van der Waals surface area contributed by atoms with Crippen LogP contribution in [-0.4, -0.2) is 46.1 Å². The molecule has 2 aromatic rings. The molecule has 2 heterocycles. The highest BCUT2D eigenvalue weighted by Crippen LogP contribution is 2.43. The highest BCUT2D eigenvalue weighted by molar-refractivity contribution is 5.70. The molecule has 1 fully saturated rings. The molecule has 4 rings (SSSR count). The first-order valence-electron chi connectivity index (χ1n) is 11.6. The second kappa shape index (κ2) is 9.85. The number of carbonyl (C=O) groups is 1. The minimum absolute atomic E-state index is 0.00478. The summed E-state index contributed by atoms with van der Waals surface area (Å²) in [6, 6.07) is 5.87. The highest BCUT2D eigenvalue weighted by atomic mass is 19.4. The van der Waals surface area contributed by atoms with Crippen molar-refractivity contribution in [2.24, 2.45) is 5.92 Å². The standard InChI is InChI=1S/C25H26F5NO5/c1-14(23(33)34)21(32)18-4-2-15-6-7-24(36-22(15)20(18)27)8-10-31(11-9-24)13-16-12-17(26)3-5-19(16)35-25(28,29)30/h2-5,12,14,21,32H,6-11,13H2,1H3,(H,33,34)/t14-,21+/m0/s1. The summed E-state index contributed by atoms with van der Waals surface area (Å²) in [5, 5.41) is 19.5. The Bertz CT molecular complexity index is 1130. The van der Waals surface area contributed by atoms with Gasteiger partial charge in [0.25, 0.3) is 0 Å². The van der Waals surface area contributed by atoms with Crippen LogP contribution in [0.5, 0.6) is 11.5 Å². The number of fused-ring (bicyclic) bond motifs is 1. The average molecular weight is 515 g/mol. The summed E-state index contributed by atoms with van der Waals surface area (Å²) in [7, 11) is 0. The zero-order chi connectivity index (χ0) is 26.3. The third-order valence-electron chi connectivity index (χ3n) is 6.97. The van der Waals surface area contributed by atoms with Gasteiger partial charge in [-0.05, 0) is 56.4 Å². The Balaban J connectivity index is 1.47. The normalized spacial score (nSPS) is 19.3. The van der Waals surface area contributed by atoms with Crippen LogP contribution in [0.1, 0.15) is 49.0 Å². The SMILES string of the molecule is C[C@H](C(=O)O)[C@@H](O)c1ccc2c(c1F)OC1(CC2)CCN(Cc2cc(F)ccc2OC(F)(F)F)CC1. The van der Waals surface area contributed by atoms with Crippen LogP contribution < -0.4 is 9.47 Å². The number of halogens is 5. The molecule has 2 atom stereocenters. The second-order valence-corrected chi connectivity index (χ2v) is 9.39. The molecule has 0 saturated carbocycles. The fourth-order valence-electron chi connectivity index (χ4n) is 4.79. The molecule has 1 spiro atoms. The molecule has 0 unspecified atom stereocenters. The van der Waals surface area contributed by atoms with Gasteiger partial charge in [0.15, 0.2) is 11.6 Å². The Labute approximate surface area is 204 Å².